The number of amides is 1. The smallest absolute Gasteiger partial charge is 0.224 e. The third kappa shape index (κ3) is 3.82. The molecule has 1 saturated heterocycles. The first-order valence-corrected chi connectivity index (χ1v) is 7.56. The van der Waals surface area contributed by atoms with Gasteiger partial charge in [-0.05, 0) is 39.8 Å². The molecular weight excluding hydrogens is 252 g/mol. The van der Waals surface area contributed by atoms with Crippen molar-refractivity contribution in [3.05, 3.63) is 17.0 Å². The number of carbonyl (C=O) groups excluding carboxylic acids is 1. The molecule has 0 aliphatic carbocycles. The van der Waals surface area contributed by atoms with E-state index in [1.807, 2.05) is 25.6 Å². The summed E-state index contributed by atoms with van der Waals surface area (Å²) >= 11 is 0. The SMILES string of the molecule is Cc1nn(C)c(C)c1CC(=O)NCCN1CCCCC1. The third-order valence-electron chi connectivity index (χ3n) is 4.20. The molecular formula is C15H26N4O. The second-order valence-electron chi connectivity index (χ2n) is 5.70. The Morgan fingerprint density at radius 3 is 2.55 bits per heavy atom. The van der Waals surface area contributed by atoms with Crippen LogP contribution in [0.15, 0.2) is 0 Å². The fourth-order valence-corrected chi connectivity index (χ4v) is 2.83. The molecule has 2 rings (SSSR count). The van der Waals surface area contributed by atoms with E-state index in [2.05, 4.69) is 15.3 Å². The van der Waals surface area contributed by atoms with Gasteiger partial charge < -0.3 is 10.2 Å². The van der Waals surface area contributed by atoms with E-state index in [1.165, 1.54) is 32.4 Å². The normalized spacial score (nSPS) is 16.4. The molecule has 0 saturated carbocycles. The Hall–Kier alpha value is -1.36. The lowest BCUT2D eigenvalue weighted by Gasteiger charge is -2.26. The van der Waals surface area contributed by atoms with Crippen molar-refractivity contribution in [3.63, 3.8) is 0 Å². The molecule has 0 bridgehead atoms. The molecule has 2 heterocycles. The number of aryl methyl sites for hydroxylation is 2. The summed E-state index contributed by atoms with van der Waals surface area (Å²) < 4.78 is 1.84. The second-order valence-corrected chi connectivity index (χ2v) is 5.70. The Morgan fingerprint density at radius 2 is 1.95 bits per heavy atom. The molecule has 0 spiro atoms. The van der Waals surface area contributed by atoms with E-state index >= 15 is 0 Å². The maximum Gasteiger partial charge on any atom is 0.224 e. The molecule has 1 amide bonds. The van der Waals surface area contributed by atoms with Gasteiger partial charge in [0.2, 0.25) is 5.91 Å². The summed E-state index contributed by atoms with van der Waals surface area (Å²) in [5.74, 6) is 0.0983. The van der Waals surface area contributed by atoms with Crippen LogP contribution in [0.1, 0.15) is 36.2 Å². The zero-order chi connectivity index (χ0) is 14.5. The van der Waals surface area contributed by atoms with E-state index in [4.69, 9.17) is 0 Å². The zero-order valence-corrected chi connectivity index (χ0v) is 12.9. The number of carbonyl (C=O) groups is 1. The molecule has 1 aromatic rings. The highest BCUT2D eigenvalue weighted by Gasteiger charge is 2.14. The fraction of sp³-hybridized carbons (Fsp3) is 0.733. The predicted octanol–water partition coefficient (Wildman–Crippen LogP) is 1.18. The quantitative estimate of drug-likeness (QED) is 0.880. The number of aromatic nitrogens is 2. The number of hydrogen-bond acceptors (Lipinski definition) is 3. The highest BCUT2D eigenvalue weighted by atomic mass is 16.1. The van der Waals surface area contributed by atoms with Crippen LogP contribution >= 0.6 is 0 Å². The standard InChI is InChI=1S/C15H26N4O/c1-12-14(13(2)18(3)17-12)11-15(20)16-7-10-19-8-5-4-6-9-19/h4-11H2,1-3H3,(H,16,20). The van der Waals surface area contributed by atoms with Gasteiger partial charge in [-0.25, -0.2) is 0 Å². The van der Waals surface area contributed by atoms with Gasteiger partial charge in [-0.15, -0.1) is 0 Å². The second kappa shape index (κ2) is 6.88. The van der Waals surface area contributed by atoms with Crippen molar-refractivity contribution in [1.82, 2.24) is 20.0 Å². The lowest BCUT2D eigenvalue weighted by Crippen LogP contribution is -2.38. The van der Waals surface area contributed by atoms with Gasteiger partial charge in [0.25, 0.3) is 0 Å². The Bertz CT molecular complexity index is 461. The Morgan fingerprint density at radius 1 is 1.25 bits per heavy atom. The Labute approximate surface area is 121 Å². The van der Waals surface area contributed by atoms with Gasteiger partial charge in [0.1, 0.15) is 0 Å². The van der Waals surface area contributed by atoms with Crippen molar-refractivity contribution < 1.29 is 4.79 Å². The van der Waals surface area contributed by atoms with Crippen LogP contribution in [0.4, 0.5) is 0 Å². The molecule has 0 atom stereocenters. The fourth-order valence-electron chi connectivity index (χ4n) is 2.83. The van der Waals surface area contributed by atoms with Gasteiger partial charge in [0.05, 0.1) is 12.1 Å². The molecule has 0 radical (unpaired) electrons. The number of nitrogens with one attached hydrogen (secondary N) is 1. The predicted molar refractivity (Wildman–Crippen MR) is 79.7 cm³/mol. The molecule has 112 valence electrons. The van der Waals surface area contributed by atoms with Crippen LogP contribution in [0.25, 0.3) is 0 Å². The number of likely N-dealkylation sites (tertiary alicyclic amines) is 1. The topological polar surface area (TPSA) is 50.2 Å². The summed E-state index contributed by atoms with van der Waals surface area (Å²) in [6.45, 7) is 8.04. The van der Waals surface area contributed by atoms with E-state index < -0.39 is 0 Å². The van der Waals surface area contributed by atoms with Crippen molar-refractivity contribution in [2.75, 3.05) is 26.2 Å². The van der Waals surface area contributed by atoms with E-state index in [1.54, 1.807) is 0 Å². The maximum atomic E-state index is 12.0. The summed E-state index contributed by atoms with van der Waals surface area (Å²) in [5, 5.41) is 7.37. The average Bonchev–Trinajstić information content (AvgIpc) is 2.67. The lowest BCUT2D eigenvalue weighted by atomic mass is 10.1. The van der Waals surface area contributed by atoms with Gasteiger partial charge in [-0.3, -0.25) is 9.48 Å². The van der Waals surface area contributed by atoms with Crippen molar-refractivity contribution in [1.29, 1.82) is 0 Å². The monoisotopic (exact) mass is 278 g/mol. The molecule has 0 unspecified atom stereocenters. The zero-order valence-electron chi connectivity index (χ0n) is 12.9. The summed E-state index contributed by atoms with van der Waals surface area (Å²) in [6, 6.07) is 0. The summed E-state index contributed by atoms with van der Waals surface area (Å²) in [5.41, 5.74) is 3.09. The first kappa shape index (κ1) is 15.0. The van der Waals surface area contributed by atoms with Gasteiger partial charge in [-0.2, -0.15) is 5.10 Å². The molecule has 5 nitrogen and oxygen atoms in total. The van der Waals surface area contributed by atoms with Crippen molar-refractivity contribution in [2.45, 2.75) is 39.5 Å². The minimum Gasteiger partial charge on any atom is -0.355 e. The average molecular weight is 278 g/mol. The van der Waals surface area contributed by atoms with Crippen LogP contribution in [0.2, 0.25) is 0 Å². The van der Waals surface area contributed by atoms with Gasteiger partial charge >= 0.3 is 0 Å². The highest BCUT2D eigenvalue weighted by molar-refractivity contribution is 5.79. The molecule has 1 aliphatic rings. The van der Waals surface area contributed by atoms with Crippen molar-refractivity contribution in [3.8, 4) is 0 Å². The molecule has 5 heteroatoms. The summed E-state index contributed by atoms with van der Waals surface area (Å²) in [7, 11) is 1.92. The minimum absolute atomic E-state index is 0.0983. The number of rotatable bonds is 5. The van der Waals surface area contributed by atoms with E-state index in [-0.39, 0.29) is 5.91 Å². The molecule has 20 heavy (non-hydrogen) atoms. The van der Waals surface area contributed by atoms with Crippen LogP contribution < -0.4 is 5.32 Å². The van der Waals surface area contributed by atoms with E-state index in [9.17, 15) is 4.79 Å². The largest absolute Gasteiger partial charge is 0.355 e. The number of hydrogen-bond donors (Lipinski definition) is 1. The van der Waals surface area contributed by atoms with Crippen LogP contribution in [0, 0.1) is 13.8 Å². The Kier molecular flexibility index (Phi) is 5.17. The van der Waals surface area contributed by atoms with E-state index in [0.29, 0.717) is 6.42 Å². The van der Waals surface area contributed by atoms with Gasteiger partial charge in [0, 0.05) is 31.4 Å². The molecule has 1 fully saturated rings. The lowest BCUT2D eigenvalue weighted by molar-refractivity contribution is -0.120. The van der Waals surface area contributed by atoms with Crippen LogP contribution in [-0.2, 0) is 18.3 Å². The summed E-state index contributed by atoms with van der Waals surface area (Å²) in [6.07, 6.45) is 4.37. The van der Waals surface area contributed by atoms with Gasteiger partial charge in [-0.1, -0.05) is 6.42 Å². The van der Waals surface area contributed by atoms with Crippen molar-refractivity contribution >= 4 is 5.91 Å². The minimum atomic E-state index is 0.0983. The highest BCUT2D eigenvalue weighted by Crippen LogP contribution is 2.12. The number of piperidine rings is 1. The Balaban J connectivity index is 1.75. The van der Waals surface area contributed by atoms with Crippen LogP contribution in [0.5, 0.6) is 0 Å². The molecule has 1 aromatic heterocycles. The molecule has 0 aromatic carbocycles. The first-order valence-electron chi connectivity index (χ1n) is 7.56. The molecule has 1 aliphatic heterocycles. The third-order valence-corrected chi connectivity index (χ3v) is 4.20. The molecule has 1 N–H and O–H groups in total. The van der Waals surface area contributed by atoms with Crippen LogP contribution in [0.3, 0.4) is 0 Å². The van der Waals surface area contributed by atoms with Crippen LogP contribution in [-0.4, -0.2) is 46.8 Å². The van der Waals surface area contributed by atoms with Gasteiger partial charge in [0.15, 0.2) is 0 Å². The van der Waals surface area contributed by atoms with Crippen molar-refractivity contribution in [2.24, 2.45) is 7.05 Å². The maximum absolute atomic E-state index is 12.0. The summed E-state index contributed by atoms with van der Waals surface area (Å²) in [4.78, 5) is 14.4. The van der Waals surface area contributed by atoms with E-state index in [0.717, 1.165) is 30.0 Å². The number of nitrogens with zero attached hydrogens (tertiary/aromatic N) is 3. The first-order chi connectivity index (χ1) is 9.58.